The van der Waals surface area contributed by atoms with E-state index in [1.807, 2.05) is 0 Å². The molecule has 8 nitrogen and oxygen atoms in total. The number of non-ortho nitro benzene ring substituents is 1. The highest BCUT2D eigenvalue weighted by atomic mass is 35.5. The first-order valence-electron chi connectivity index (χ1n) is 7.48. The number of nitro groups is 1. The summed E-state index contributed by atoms with van der Waals surface area (Å²) >= 11 is 5.97. The number of fused-ring (bicyclic) bond motifs is 2. The van der Waals surface area contributed by atoms with Crippen LogP contribution < -0.4 is 0 Å². The molecule has 0 aliphatic carbocycles. The van der Waals surface area contributed by atoms with Crippen molar-refractivity contribution in [2.24, 2.45) is 10.2 Å². The van der Waals surface area contributed by atoms with E-state index >= 15 is 0 Å². The molecule has 9 heteroatoms. The monoisotopic (exact) mass is 367 g/mol. The van der Waals surface area contributed by atoms with Gasteiger partial charge in [-0.3, -0.25) is 15.1 Å². The molecule has 26 heavy (non-hydrogen) atoms. The molecule has 0 saturated heterocycles. The molecule has 0 saturated carbocycles. The Morgan fingerprint density at radius 2 is 1.96 bits per heavy atom. The minimum atomic E-state index is -0.509. The van der Waals surface area contributed by atoms with Gasteiger partial charge in [0.05, 0.1) is 21.6 Å². The Morgan fingerprint density at radius 3 is 2.77 bits per heavy atom. The van der Waals surface area contributed by atoms with Crippen molar-refractivity contribution in [2.45, 2.75) is 0 Å². The third kappa shape index (κ3) is 2.72. The Hall–Kier alpha value is -3.52. The van der Waals surface area contributed by atoms with E-state index in [0.29, 0.717) is 27.1 Å². The minimum absolute atomic E-state index is 0.100. The number of nitrogens with one attached hydrogen (secondary N) is 1. The molecule has 0 aliphatic rings. The van der Waals surface area contributed by atoms with E-state index < -0.39 is 4.92 Å². The molecule has 2 aromatic heterocycles. The number of aromatic amines is 1. The first kappa shape index (κ1) is 16.0. The molecule has 0 fully saturated rings. The van der Waals surface area contributed by atoms with E-state index in [0.717, 1.165) is 5.39 Å². The van der Waals surface area contributed by atoms with Crippen LogP contribution in [-0.4, -0.2) is 20.0 Å². The van der Waals surface area contributed by atoms with Gasteiger partial charge in [-0.05, 0) is 30.3 Å². The lowest BCUT2D eigenvalue weighted by Gasteiger charge is -2.00. The van der Waals surface area contributed by atoms with Crippen LogP contribution in [-0.2, 0) is 0 Å². The highest BCUT2D eigenvalue weighted by Gasteiger charge is 2.15. The number of azo groups is 1. The maximum atomic E-state index is 11.0. The largest absolute Gasteiger partial charge is 0.493 e. The summed E-state index contributed by atoms with van der Waals surface area (Å²) in [4.78, 5) is 17.4. The van der Waals surface area contributed by atoms with Gasteiger partial charge in [-0.15, -0.1) is 10.2 Å². The molecule has 0 unspecified atom stereocenters. The Kier molecular flexibility index (Phi) is 3.74. The van der Waals surface area contributed by atoms with E-state index in [2.05, 4.69) is 20.2 Å². The van der Waals surface area contributed by atoms with E-state index in [1.165, 1.54) is 18.2 Å². The van der Waals surface area contributed by atoms with Crippen LogP contribution in [0.3, 0.4) is 0 Å². The maximum absolute atomic E-state index is 11.0. The molecule has 0 aliphatic heterocycles. The first-order valence-corrected chi connectivity index (χ1v) is 7.86. The molecule has 0 amide bonds. The van der Waals surface area contributed by atoms with Crippen LogP contribution in [0.25, 0.3) is 21.8 Å². The van der Waals surface area contributed by atoms with Crippen LogP contribution in [0.2, 0.25) is 5.02 Å². The SMILES string of the molecule is O=[N+]([O-])c1ccc2[nH]c(O)c(N=Nc3ccnc4cc(Cl)ccc34)c2c1. The van der Waals surface area contributed by atoms with Crippen LogP contribution >= 0.6 is 11.6 Å². The summed E-state index contributed by atoms with van der Waals surface area (Å²) in [5.41, 5.74) is 1.74. The highest BCUT2D eigenvalue weighted by Crippen LogP contribution is 2.38. The van der Waals surface area contributed by atoms with E-state index in [9.17, 15) is 15.2 Å². The van der Waals surface area contributed by atoms with Gasteiger partial charge in [-0.25, -0.2) is 0 Å². The fourth-order valence-electron chi connectivity index (χ4n) is 2.66. The standard InChI is InChI=1S/C17H10ClN5O3/c18-9-1-3-11-14(5-6-19-15(11)7-9)21-22-16-12-8-10(23(25)26)2-4-13(12)20-17(16)24/h1-8,20,24H. The van der Waals surface area contributed by atoms with Crippen molar-refractivity contribution >= 4 is 50.5 Å². The number of aromatic nitrogens is 2. The molecular weight excluding hydrogens is 358 g/mol. The number of H-pyrrole nitrogens is 1. The quantitative estimate of drug-likeness (QED) is 0.286. The van der Waals surface area contributed by atoms with Gasteiger partial charge < -0.3 is 10.1 Å². The Balaban J connectivity index is 1.83. The number of pyridine rings is 1. The molecule has 0 bridgehead atoms. The number of aromatic hydroxyl groups is 1. The number of benzene rings is 2. The Morgan fingerprint density at radius 1 is 1.12 bits per heavy atom. The molecule has 2 heterocycles. The minimum Gasteiger partial charge on any atom is -0.493 e. The number of halogens is 1. The fourth-order valence-corrected chi connectivity index (χ4v) is 2.83. The van der Waals surface area contributed by atoms with Gasteiger partial charge in [0.1, 0.15) is 0 Å². The fraction of sp³-hybridized carbons (Fsp3) is 0. The van der Waals surface area contributed by atoms with Crippen LogP contribution in [0.5, 0.6) is 5.88 Å². The number of rotatable bonds is 3. The van der Waals surface area contributed by atoms with E-state index in [4.69, 9.17) is 11.6 Å². The summed E-state index contributed by atoms with van der Waals surface area (Å²) in [5, 5.41) is 31.0. The lowest BCUT2D eigenvalue weighted by molar-refractivity contribution is -0.384. The lowest BCUT2D eigenvalue weighted by atomic mass is 10.2. The summed E-state index contributed by atoms with van der Waals surface area (Å²) in [5.74, 6) is -0.217. The first-order chi connectivity index (χ1) is 12.5. The van der Waals surface area contributed by atoms with Crippen molar-refractivity contribution in [2.75, 3.05) is 0 Å². The van der Waals surface area contributed by atoms with Gasteiger partial charge in [0.2, 0.25) is 5.88 Å². The second-order valence-corrected chi connectivity index (χ2v) is 5.94. The second kappa shape index (κ2) is 6.08. The molecule has 0 atom stereocenters. The predicted octanol–water partition coefficient (Wildman–Crippen LogP) is 5.40. The summed E-state index contributed by atoms with van der Waals surface area (Å²) in [6.45, 7) is 0. The lowest BCUT2D eigenvalue weighted by Crippen LogP contribution is -1.86. The van der Waals surface area contributed by atoms with Gasteiger partial charge in [0, 0.05) is 34.1 Å². The molecular formula is C17H10ClN5O3. The number of nitro benzene ring substituents is 1. The van der Waals surface area contributed by atoms with Crippen molar-refractivity contribution in [3.8, 4) is 5.88 Å². The third-order valence-electron chi connectivity index (χ3n) is 3.89. The van der Waals surface area contributed by atoms with Gasteiger partial charge in [-0.1, -0.05) is 11.6 Å². The van der Waals surface area contributed by atoms with Crippen LogP contribution in [0.4, 0.5) is 17.1 Å². The normalized spacial score (nSPS) is 11.6. The molecule has 0 spiro atoms. The maximum Gasteiger partial charge on any atom is 0.270 e. The Labute approximate surface area is 150 Å². The van der Waals surface area contributed by atoms with E-state index in [-0.39, 0.29) is 17.3 Å². The zero-order chi connectivity index (χ0) is 18.3. The average Bonchev–Trinajstić information content (AvgIpc) is 2.93. The van der Waals surface area contributed by atoms with Crippen LogP contribution in [0.1, 0.15) is 0 Å². The summed E-state index contributed by atoms with van der Waals surface area (Å²) < 4.78 is 0. The Bertz CT molecular complexity index is 1200. The van der Waals surface area contributed by atoms with Gasteiger partial charge in [-0.2, -0.15) is 0 Å². The molecule has 128 valence electrons. The van der Waals surface area contributed by atoms with Gasteiger partial charge >= 0.3 is 0 Å². The molecule has 2 N–H and O–H groups in total. The zero-order valence-corrected chi connectivity index (χ0v) is 13.8. The molecule has 4 rings (SSSR count). The van der Waals surface area contributed by atoms with Gasteiger partial charge in [0.25, 0.3) is 5.69 Å². The van der Waals surface area contributed by atoms with Crippen LogP contribution in [0.15, 0.2) is 58.9 Å². The predicted molar refractivity (Wildman–Crippen MR) is 97.5 cm³/mol. The number of hydrogen-bond acceptors (Lipinski definition) is 6. The highest BCUT2D eigenvalue weighted by molar-refractivity contribution is 6.31. The summed E-state index contributed by atoms with van der Waals surface area (Å²) in [6.07, 6.45) is 1.58. The zero-order valence-electron chi connectivity index (χ0n) is 13.0. The van der Waals surface area contributed by atoms with Gasteiger partial charge in [0.15, 0.2) is 5.69 Å². The number of nitrogens with zero attached hydrogens (tertiary/aromatic N) is 4. The van der Waals surface area contributed by atoms with Crippen molar-refractivity contribution in [3.05, 3.63) is 63.8 Å². The molecule has 0 radical (unpaired) electrons. The van der Waals surface area contributed by atoms with Crippen molar-refractivity contribution in [3.63, 3.8) is 0 Å². The third-order valence-corrected chi connectivity index (χ3v) is 4.12. The smallest absolute Gasteiger partial charge is 0.270 e. The van der Waals surface area contributed by atoms with Crippen molar-refractivity contribution < 1.29 is 10.0 Å². The molecule has 2 aromatic carbocycles. The molecule has 4 aromatic rings. The number of hydrogen-bond donors (Lipinski definition) is 2. The summed E-state index contributed by atoms with van der Waals surface area (Å²) in [6, 6.07) is 11.1. The average molecular weight is 368 g/mol. The van der Waals surface area contributed by atoms with Crippen LogP contribution in [0, 0.1) is 10.1 Å². The van der Waals surface area contributed by atoms with Crippen molar-refractivity contribution in [1.29, 1.82) is 0 Å². The summed E-state index contributed by atoms with van der Waals surface area (Å²) in [7, 11) is 0. The van der Waals surface area contributed by atoms with E-state index in [1.54, 1.807) is 30.5 Å². The van der Waals surface area contributed by atoms with Crippen molar-refractivity contribution in [1.82, 2.24) is 9.97 Å². The topological polar surface area (TPSA) is 117 Å². The second-order valence-electron chi connectivity index (χ2n) is 5.50.